The quantitative estimate of drug-likeness (QED) is 0.819. The second-order valence-corrected chi connectivity index (χ2v) is 6.97. The Balaban J connectivity index is 1.54. The fourth-order valence-electron chi connectivity index (χ4n) is 3.84. The van der Waals surface area contributed by atoms with Crippen molar-refractivity contribution in [2.24, 2.45) is 5.92 Å². The van der Waals surface area contributed by atoms with E-state index in [4.69, 9.17) is 4.74 Å². The molecule has 27 heavy (non-hydrogen) atoms. The van der Waals surface area contributed by atoms with Crippen LogP contribution in [0.25, 0.3) is 0 Å². The lowest BCUT2D eigenvalue weighted by Gasteiger charge is -2.38. The van der Waals surface area contributed by atoms with Crippen LogP contribution < -0.4 is 4.90 Å². The Hall–Kier alpha value is -2.73. The van der Waals surface area contributed by atoms with E-state index in [0.717, 1.165) is 5.69 Å². The van der Waals surface area contributed by atoms with Crippen LogP contribution in [0.15, 0.2) is 54.6 Å². The van der Waals surface area contributed by atoms with Gasteiger partial charge in [0.2, 0.25) is 0 Å². The van der Waals surface area contributed by atoms with E-state index in [1.165, 1.54) is 12.1 Å². The van der Waals surface area contributed by atoms with Crippen molar-refractivity contribution in [1.82, 2.24) is 4.90 Å². The maximum atomic E-state index is 14.0. The molecule has 5 nitrogen and oxygen atoms in total. The summed E-state index contributed by atoms with van der Waals surface area (Å²) in [5, 5.41) is 0. The van der Waals surface area contributed by atoms with Gasteiger partial charge in [-0.05, 0) is 30.7 Å². The van der Waals surface area contributed by atoms with Gasteiger partial charge in [-0.3, -0.25) is 9.59 Å². The Bertz CT molecular complexity index is 842. The molecule has 2 aromatic carbocycles. The molecule has 0 saturated carbocycles. The molecule has 0 bridgehead atoms. The molecular weight excluding hydrogens is 347 g/mol. The lowest BCUT2D eigenvalue weighted by atomic mass is 9.93. The molecule has 2 aliphatic rings. The van der Waals surface area contributed by atoms with Gasteiger partial charge in [0.25, 0.3) is 11.8 Å². The Labute approximate surface area is 157 Å². The van der Waals surface area contributed by atoms with Gasteiger partial charge in [-0.25, -0.2) is 4.39 Å². The van der Waals surface area contributed by atoms with Crippen molar-refractivity contribution in [1.29, 1.82) is 0 Å². The molecule has 2 fully saturated rings. The summed E-state index contributed by atoms with van der Waals surface area (Å²) in [6.45, 7) is 1.45. The summed E-state index contributed by atoms with van der Waals surface area (Å²) in [5.74, 6) is -0.917. The van der Waals surface area contributed by atoms with Crippen molar-refractivity contribution in [3.63, 3.8) is 0 Å². The van der Waals surface area contributed by atoms with Gasteiger partial charge < -0.3 is 14.5 Å². The minimum Gasteiger partial charge on any atom is -0.368 e. The number of fused-ring (bicyclic) bond motifs is 1. The van der Waals surface area contributed by atoms with Crippen LogP contribution in [0, 0.1) is 11.7 Å². The highest BCUT2D eigenvalue weighted by atomic mass is 19.1. The number of carbonyl (C=O) groups is 2. The molecule has 2 amide bonds. The average molecular weight is 368 g/mol. The summed E-state index contributed by atoms with van der Waals surface area (Å²) < 4.78 is 19.8. The summed E-state index contributed by atoms with van der Waals surface area (Å²) in [4.78, 5) is 28.7. The average Bonchev–Trinajstić information content (AvgIpc) is 2.87. The Morgan fingerprint density at radius 1 is 1.04 bits per heavy atom. The minimum atomic E-state index is -0.511. The summed E-state index contributed by atoms with van der Waals surface area (Å²) >= 11 is 0. The monoisotopic (exact) mass is 368 g/mol. The number of halogens is 1. The number of nitrogens with zero attached hydrogens (tertiary/aromatic N) is 2. The van der Waals surface area contributed by atoms with E-state index in [0.29, 0.717) is 26.1 Å². The maximum absolute atomic E-state index is 14.0. The lowest BCUT2D eigenvalue weighted by Crippen LogP contribution is -2.49. The molecular formula is C21H21FN2O3. The first kappa shape index (κ1) is 17.7. The first-order valence-electron chi connectivity index (χ1n) is 9.14. The second kappa shape index (κ2) is 7.48. The van der Waals surface area contributed by atoms with Crippen LogP contribution in [0.1, 0.15) is 16.8 Å². The van der Waals surface area contributed by atoms with Crippen molar-refractivity contribution in [2.45, 2.75) is 12.5 Å². The fourth-order valence-corrected chi connectivity index (χ4v) is 3.84. The van der Waals surface area contributed by atoms with E-state index in [9.17, 15) is 14.0 Å². The normalized spacial score (nSPS) is 22.9. The molecule has 2 saturated heterocycles. The molecule has 140 valence electrons. The molecule has 0 N–H and O–H groups in total. The zero-order chi connectivity index (χ0) is 18.8. The molecule has 2 aromatic rings. The third-order valence-electron chi connectivity index (χ3n) is 5.26. The van der Waals surface area contributed by atoms with Crippen LogP contribution in [0.2, 0.25) is 0 Å². The molecule has 2 heterocycles. The third-order valence-corrected chi connectivity index (χ3v) is 5.26. The Morgan fingerprint density at radius 3 is 2.56 bits per heavy atom. The fraction of sp³-hybridized carbons (Fsp3) is 0.333. The number of amides is 2. The zero-order valence-corrected chi connectivity index (χ0v) is 14.9. The molecule has 0 spiro atoms. The van der Waals surface area contributed by atoms with Crippen LogP contribution in [-0.4, -0.2) is 49.1 Å². The van der Waals surface area contributed by atoms with Gasteiger partial charge in [0.15, 0.2) is 0 Å². The molecule has 0 unspecified atom stereocenters. The van der Waals surface area contributed by atoms with Crippen LogP contribution in [0.3, 0.4) is 0 Å². The molecule has 0 aliphatic carbocycles. The number of para-hydroxylation sites is 1. The van der Waals surface area contributed by atoms with Gasteiger partial charge >= 0.3 is 0 Å². The number of rotatable bonds is 2. The SMILES string of the molecule is O=C(c1ccccc1F)N1CC[C@@H]2OCC(=O)N(c3ccccc3)C[C@H]2C1. The van der Waals surface area contributed by atoms with Gasteiger partial charge in [-0.15, -0.1) is 0 Å². The number of likely N-dealkylation sites (tertiary alicyclic amines) is 1. The van der Waals surface area contributed by atoms with E-state index >= 15 is 0 Å². The van der Waals surface area contributed by atoms with Crippen molar-refractivity contribution in [3.8, 4) is 0 Å². The van der Waals surface area contributed by atoms with Crippen molar-refractivity contribution >= 4 is 17.5 Å². The van der Waals surface area contributed by atoms with E-state index in [1.807, 2.05) is 30.3 Å². The number of carbonyl (C=O) groups excluding carboxylic acids is 2. The largest absolute Gasteiger partial charge is 0.368 e. The minimum absolute atomic E-state index is 0.0128. The summed E-state index contributed by atoms with van der Waals surface area (Å²) in [6, 6.07) is 15.5. The number of anilines is 1. The van der Waals surface area contributed by atoms with Crippen molar-refractivity contribution in [3.05, 3.63) is 66.0 Å². The number of benzene rings is 2. The highest BCUT2D eigenvalue weighted by Gasteiger charge is 2.38. The van der Waals surface area contributed by atoms with Gasteiger partial charge in [-0.1, -0.05) is 30.3 Å². The van der Waals surface area contributed by atoms with E-state index < -0.39 is 5.82 Å². The van der Waals surface area contributed by atoms with Crippen LogP contribution in [-0.2, 0) is 9.53 Å². The van der Waals surface area contributed by atoms with Gasteiger partial charge in [-0.2, -0.15) is 0 Å². The second-order valence-electron chi connectivity index (χ2n) is 6.97. The van der Waals surface area contributed by atoms with E-state index in [2.05, 4.69) is 0 Å². The predicted octanol–water partition coefficient (Wildman–Crippen LogP) is 2.72. The third kappa shape index (κ3) is 3.57. The molecule has 0 aromatic heterocycles. The number of hydrogen-bond donors (Lipinski definition) is 0. The molecule has 0 radical (unpaired) electrons. The van der Waals surface area contributed by atoms with Crippen LogP contribution >= 0.6 is 0 Å². The predicted molar refractivity (Wildman–Crippen MR) is 98.9 cm³/mol. The lowest BCUT2D eigenvalue weighted by molar-refractivity contribution is -0.124. The molecule has 2 atom stereocenters. The van der Waals surface area contributed by atoms with Crippen LogP contribution in [0.5, 0.6) is 0 Å². The molecule has 2 aliphatic heterocycles. The number of ether oxygens (including phenoxy) is 1. The van der Waals surface area contributed by atoms with E-state index in [-0.39, 0.29) is 36.0 Å². The topological polar surface area (TPSA) is 49.9 Å². The summed E-state index contributed by atoms with van der Waals surface area (Å²) in [7, 11) is 0. The maximum Gasteiger partial charge on any atom is 0.256 e. The zero-order valence-electron chi connectivity index (χ0n) is 14.9. The van der Waals surface area contributed by atoms with Crippen molar-refractivity contribution in [2.75, 3.05) is 31.1 Å². The standard InChI is InChI=1S/C21H21FN2O3/c22-18-9-5-4-8-17(18)21(26)23-11-10-19-15(12-23)13-24(20(25)14-27-19)16-6-2-1-3-7-16/h1-9,15,19H,10-14H2/t15-,19+/m1/s1. The highest BCUT2D eigenvalue weighted by Crippen LogP contribution is 2.28. The summed E-state index contributed by atoms with van der Waals surface area (Å²) in [6.07, 6.45) is 0.563. The first-order valence-corrected chi connectivity index (χ1v) is 9.14. The Morgan fingerprint density at radius 2 is 1.78 bits per heavy atom. The van der Waals surface area contributed by atoms with E-state index in [1.54, 1.807) is 21.9 Å². The molecule has 4 rings (SSSR count). The Kier molecular flexibility index (Phi) is 4.90. The van der Waals surface area contributed by atoms with Gasteiger partial charge in [0.05, 0.1) is 11.7 Å². The highest BCUT2D eigenvalue weighted by molar-refractivity contribution is 5.95. The number of hydrogen-bond acceptors (Lipinski definition) is 3. The first-order chi connectivity index (χ1) is 13.1. The van der Waals surface area contributed by atoms with Crippen LogP contribution in [0.4, 0.5) is 10.1 Å². The van der Waals surface area contributed by atoms with Gasteiger partial charge in [0, 0.05) is 31.2 Å². The summed E-state index contributed by atoms with van der Waals surface area (Å²) in [5.41, 5.74) is 0.908. The smallest absolute Gasteiger partial charge is 0.256 e. The molecule has 6 heteroatoms. The number of piperidine rings is 1. The van der Waals surface area contributed by atoms with Gasteiger partial charge in [0.1, 0.15) is 12.4 Å². The van der Waals surface area contributed by atoms with Crippen molar-refractivity contribution < 1.29 is 18.7 Å².